The summed E-state index contributed by atoms with van der Waals surface area (Å²) in [6.45, 7) is 4.36. The number of hydrogen-bond donors (Lipinski definition) is 2. The van der Waals surface area contributed by atoms with Crippen LogP contribution >= 0.6 is 21.6 Å². The number of benzene rings is 2. The minimum absolute atomic E-state index is 0.300. The third kappa shape index (κ3) is 5.67. The maximum absolute atomic E-state index is 10.1. The summed E-state index contributed by atoms with van der Waals surface area (Å²) in [6, 6.07) is 11.6. The molecule has 0 saturated heterocycles. The molecule has 24 heavy (non-hydrogen) atoms. The van der Waals surface area contributed by atoms with Crippen LogP contribution in [0, 0.1) is 0 Å². The molecule has 2 nitrogen and oxygen atoms in total. The Morgan fingerprint density at radius 2 is 1.12 bits per heavy atom. The second kappa shape index (κ2) is 9.90. The standard InChI is InChI=1S/C20H26O2S2/c1-3-5-7-15-9-11-17(21)19(13-15)23-24-20-14-16(8-6-4-2)10-12-18(20)22/h9-14,21-22H,3-8H2,1-2H3. The van der Waals surface area contributed by atoms with Crippen molar-refractivity contribution in [3.63, 3.8) is 0 Å². The van der Waals surface area contributed by atoms with E-state index in [0.717, 1.165) is 48.3 Å². The Morgan fingerprint density at radius 1 is 0.708 bits per heavy atom. The molecule has 2 rings (SSSR count). The van der Waals surface area contributed by atoms with Gasteiger partial charge in [-0.15, -0.1) is 0 Å². The van der Waals surface area contributed by atoms with E-state index in [4.69, 9.17) is 0 Å². The van der Waals surface area contributed by atoms with Gasteiger partial charge in [-0.2, -0.15) is 0 Å². The summed E-state index contributed by atoms with van der Waals surface area (Å²) < 4.78 is 0. The monoisotopic (exact) mass is 362 g/mol. The van der Waals surface area contributed by atoms with Crippen LogP contribution in [-0.4, -0.2) is 10.2 Å². The van der Waals surface area contributed by atoms with Gasteiger partial charge < -0.3 is 10.2 Å². The van der Waals surface area contributed by atoms with Crippen LogP contribution in [0.15, 0.2) is 46.2 Å². The fourth-order valence-electron chi connectivity index (χ4n) is 2.41. The lowest BCUT2D eigenvalue weighted by Crippen LogP contribution is -1.86. The van der Waals surface area contributed by atoms with Crippen LogP contribution in [0.4, 0.5) is 0 Å². The molecule has 130 valence electrons. The summed E-state index contributed by atoms with van der Waals surface area (Å²) in [5, 5.41) is 20.2. The van der Waals surface area contributed by atoms with Gasteiger partial charge in [0.25, 0.3) is 0 Å². The van der Waals surface area contributed by atoms with E-state index in [1.54, 1.807) is 12.1 Å². The highest BCUT2D eigenvalue weighted by Gasteiger charge is 2.09. The maximum atomic E-state index is 10.1. The zero-order valence-corrected chi connectivity index (χ0v) is 16.1. The maximum Gasteiger partial charge on any atom is 0.130 e. The van der Waals surface area contributed by atoms with Crippen molar-refractivity contribution in [2.24, 2.45) is 0 Å². The highest BCUT2D eigenvalue weighted by atomic mass is 33.1. The summed E-state index contributed by atoms with van der Waals surface area (Å²) in [5.41, 5.74) is 2.50. The van der Waals surface area contributed by atoms with E-state index in [1.165, 1.54) is 32.7 Å². The SMILES string of the molecule is CCCCc1ccc(O)c(SSc2cc(CCCC)ccc2O)c1. The van der Waals surface area contributed by atoms with Gasteiger partial charge in [-0.05, 0) is 82.7 Å². The van der Waals surface area contributed by atoms with E-state index < -0.39 is 0 Å². The van der Waals surface area contributed by atoms with Crippen LogP contribution in [0.3, 0.4) is 0 Å². The minimum Gasteiger partial charge on any atom is -0.507 e. The smallest absolute Gasteiger partial charge is 0.130 e. The molecule has 4 heteroatoms. The van der Waals surface area contributed by atoms with Gasteiger partial charge in [0.1, 0.15) is 11.5 Å². The third-order valence-electron chi connectivity index (χ3n) is 3.91. The second-order valence-corrected chi connectivity index (χ2v) is 8.19. The van der Waals surface area contributed by atoms with Crippen LogP contribution in [0.2, 0.25) is 0 Å². The van der Waals surface area contributed by atoms with E-state index in [9.17, 15) is 10.2 Å². The van der Waals surface area contributed by atoms with E-state index in [0.29, 0.717) is 11.5 Å². The first-order valence-electron chi connectivity index (χ1n) is 8.62. The number of phenolic OH excluding ortho intramolecular Hbond substituents is 2. The quantitative estimate of drug-likeness (QED) is 0.494. The van der Waals surface area contributed by atoms with Gasteiger partial charge in [-0.1, -0.05) is 38.8 Å². The number of aryl methyl sites for hydroxylation is 2. The van der Waals surface area contributed by atoms with Gasteiger partial charge in [0.05, 0.1) is 9.79 Å². The minimum atomic E-state index is 0.300. The summed E-state index contributed by atoms with van der Waals surface area (Å²) in [5.74, 6) is 0.601. The Kier molecular flexibility index (Phi) is 7.86. The highest BCUT2D eigenvalue weighted by Crippen LogP contribution is 2.45. The van der Waals surface area contributed by atoms with Crippen molar-refractivity contribution in [2.45, 2.75) is 62.2 Å². The zero-order valence-electron chi connectivity index (χ0n) is 14.4. The van der Waals surface area contributed by atoms with Crippen LogP contribution in [0.25, 0.3) is 0 Å². The summed E-state index contributed by atoms with van der Waals surface area (Å²) >= 11 is 0. The molecule has 0 atom stereocenters. The van der Waals surface area contributed by atoms with E-state index >= 15 is 0 Å². The molecular weight excluding hydrogens is 336 g/mol. The number of phenols is 2. The number of rotatable bonds is 9. The fourth-order valence-corrected chi connectivity index (χ4v) is 4.64. The fraction of sp³-hybridized carbons (Fsp3) is 0.400. The molecule has 0 bridgehead atoms. The Bertz CT molecular complexity index is 599. The average Bonchev–Trinajstić information content (AvgIpc) is 2.59. The molecule has 0 fully saturated rings. The van der Waals surface area contributed by atoms with Crippen molar-refractivity contribution in [3.8, 4) is 11.5 Å². The molecule has 0 spiro atoms. The van der Waals surface area contributed by atoms with Crippen molar-refractivity contribution in [1.29, 1.82) is 0 Å². The van der Waals surface area contributed by atoms with Crippen LogP contribution < -0.4 is 0 Å². The molecule has 0 aliphatic heterocycles. The molecule has 0 unspecified atom stereocenters. The zero-order chi connectivity index (χ0) is 17.4. The van der Waals surface area contributed by atoms with E-state index in [-0.39, 0.29) is 0 Å². The second-order valence-electron chi connectivity index (χ2n) is 5.98. The average molecular weight is 363 g/mol. The lowest BCUT2D eigenvalue weighted by Gasteiger charge is -2.09. The Balaban J connectivity index is 2.07. The van der Waals surface area contributed by atoms with E-state index in [1.807, 2.05) is 12.1 Å². The molecule has 0 amide bonds. The van der Waals surface area contributed by atoms with Crippen LogP contribution in [0.1, 0.15) is 50.7 Å². The van der Waals surface area contributed by atoms with Crippen molar-refractivity contribution < 1.29 is 10.2 Å². The van der Waals surface area contributed by atoms with Crippen molar-refractivity contribution >= 4 is 21.6 Å². The highest BCUT2D eigenvalue weighted by molar-refractivity contribution is 8.76. The molecule has 2 N–H and O–H groups in total. The lowest BCUT2D eigenvalue weighted by molar-refractivity contribution is 0.461. The van der Waals surface area contributed by atoms with Crippen LogP contribution in [0.5, 0.6) is 11.5 Å². The summed E-state index contributed by atoms with van der Waals surface area (Å²) in [6.07, 6.45) is 6.71. The van der Waals surface area contributed by atoms with Crippen molar-refractivity contribution in [2.75, 3.05) is 0 Å². The Morgan fingerprint density at radius 3 is 1.50 bits per heavy atom. The lowest BCUT2D eigenvalue weighted by atomic mass is 10.1. The predicted octanol–water partition coefficient (Wildman–Crippen LogP) is 6.58. The largest absolute Gasteiger partial charge is 0.507 e. The topological polar surface area (TPSA) is 40.5 Å². The van der Waals surface area contributed by atoms with E-state index in [2.05, 4.69) is 26.0 Å². The Labute approximate surface area is 153 Å². The number of aromatic hydroxyl groups is 2. The Hall–Kier alpha value is -1.26. The van der Waals surface area contributed by atoms with Gasteiger partial charge in [0.15, 0.2) is 0 Å². The molecule has 0 aromatic heterocycles. The van der Waals surface area contributed by atoms with Gasteiger partial charge in [-0.3, -0.25) is 0 Å². The summed E-state index contributed by atoms with van der Waals surface area (Å²) in [4.78, 5) is 1.71. The van der Waals surface area contributed by atoms with Gasteiger partial charge in [0, 0.05) is 0 Å². The van der Waals surface area contributed by atoms with Gasteiger partial charge in [0.2, 0.25) is 0 Å². The third-order valence-corrected chi connectivity index (χ3v) is 6.33. The first-order valence-corrected chi connectivity index (χ1v) is 10.8. The molecular formula is C20H26O2S2. The van der Waals surface area contributed by atoms with Gasteiger partial charge in [-0.25, -0.2) is 0 Å². The van der Waals surface area contributed by atoms with Gasteiger partial charge >= 0.3 is 0 Å². The van der Waals surface area contributed by atoms with Crippen molar-refractivity contribution in [3.05, 3.63) is 47.5 Å². The molecule has 0 heterocycles. The predicted molar refractivity (Wildman–Crippen MR) is 105 cm³/mol. The summed E-state index contributed by atoms with van der Waals surface area (Å²) in [7, 11) is 3.00. The number of unbranched alkanes of at least 4 members (excludes halogenated alkanes) is 2. The van der Waals surface area contributed by atoms with Crippen LogP contribution in [-0.2, 0) is 12.8 Å². The molecule has 2 aromatic carbocycles. The molecule has 0 radical (unpaired) electrons. The number of hydrogen-bond acceptors (Lipinski definition) is 4. The first-order chi connectivity index (χ1) is 11.6. The normalized spacial score (nSPS) is 10.9. The molecule has 0 aliphatic rings. The molecule has 2 aromatic rings. The van der Waals surface area contributed by atoms with Crippen molar-refractivity contribution in [1.82, 2.24) is 0 Å². The molecule has 0 aliphatic carbocycles. The first kappa shape index (κ1) is 19.1. The molecule has 0 saturated carbocycles.